The largest absolute Gasteiger partial charge is 0.494 e. The van der Waals surface area contributed by atoms with E-state index >= 15 is 0 Å². The molecule has 1 aromatic carbocycles. The van der Waals surface area contributed by atoms with E-state index in [1.165, 1.54) is 187 Å². The maximum Gasteiger partial charge on any atom is 0.494 e. The second-order valence-corrected chi connectivity index (χ2v) is 22.9. The van der Waals surface area contributed by atoms with Crippen LogP contribution in [0.3, 0.4) is 0 Å². The Morgan fingerprint density at radius 2 is 0.549 bits per heavy atom. The summed E-state index contributed by atoms with van der Waals surface area (Å²) in [6.07, 6.45) is 37.4. The highest BCUT2D eigenvalue weighted by molar-refractivity contribution is 7.68. The minimum Gasteiger partial charge on any atom is -0.200 e. The lowest BCUT2D eigenvalue weighted by Crippen LogP contribution is -2.57. The maximum absolute atomic E-state index is 14.5. The molecule has 0 bridgehead atoms. The molecular formula is C53H90BF16P. The Morgan fingerprint density at radius 3 is 0.817 bits per heavy atom. The van der Waals surface area contributed by atoms with Crippen molar-refractivity contribution in [3.8, 4) is 0 Å². The van der Waals surface area contributed by atoms with Gasteiger partial charge in [0.2, 0.25) is 37.0 Å². The Balaban J connectivity index is 0.00000138. The molecule has 1 rings (SSSR count). The summed E-state index contributed by atoms with van der Waals surface area (Å²) in [4.78, 5) is 0. The first-order valence-electron chi connectivity index (χ1n) is 27.5. The Bertz CT molecular complexity index is 1400. The standard InChI is InChI=1S/C36H76B.C17H13F16P/c1-5-9-13-17-21-25-29-33-37(34-30-26-22-18-14-10-6-2,35-31-27-23-19-15-11-7-3)36-32-28-24-20-16-12-8-4;1-2-3-4-5-6-13(23,24)14(25,26)16(30,31)34(17(32,33)15(27,28)29)12-10(21)8(19)7(18)9(20)11(12)22/h5-36H2,1-4H3;2-6H2,1H3/q-1;/p+1. The van der Waals surface area contributed by atoms with Crippen LogP contribution in [0.1, 0.15) is 247 Å². The van der Waals surface area contributed by atoms with Crippen molar-refractivity contribution in [3.63, 3.8) is 0 Å². The summed E-state index contributed by atoms with van der Waals surface area (Å²) < 4.78 is 219. The van der Waals surface area contributed by atoms with Crippen LogP contribution < -0.4 is 5.30 Å². The van der Waals surface area contributed by atoms with E-state index in [0.29, 0.717) is 6.42 Å². The summed E-state index contributed by atoms with van der Waals surface area (Å²) in [5, 5.41) is -3.63. The maximum atomic E-state index is 14.5. The molecule has 0 N–H and O–H groups in total. The van der Waals surface area contributed by atoms with Crippen molar-refractivity contribution in [2.24, 2.45) is 0 Å². The van der Waals surface area contributed by atoms with Crippen molar-refractivity contribution in [1.82, 2.24) is 0 Å². The summed E-state index contributed by atoms with van der Waals surface area (Å²) in [6.45, 7) is 10.9. The fraction of sp³-hybridized carbons (Fsp3) is 0.887. The predicted octanol–water partition coefficient (Wildman–Crippen LogP) is 22.6. The summed E-state index contributed by atoms with van der Waals surface area (Å²) in [5.74, 6) is -30.4. The smallest absolute Gasteiger partial charge is 0.200 e. The predicted molar refractivity (Wildman–Crippen MR) is 266 cm³/mol. The molecule has 0 aromatic heterocycles. The first-order chi connectivity index (χ1) is 33.4. The zero-order valence-corrected chi connectivity index (χ0v) is 44.8. The van der Waals surface area contributed by atoms with Gasteiger partial charge in [-0.15, -0.1) is 0 Å². The number of hydrogen-bond donors (Lipinski definition) is 0. The monoisotopic (exact) mass is 1070 g/mol. The van der Waals surface area contributed by atoms with Crippen molar-refractivity contribution < 1.29 is 70.2 Å². The van der Waals surface area contributed by atoms with E-state index in [1.54, 1.807) is 25.3 Å². The number of alkyl halides is 11. The van der Waals surface area contributed by atoms with Crippen LogP contribution in [0.4, 0.5) is 70.2 Å². The lowest BCUT2D eigenvalue weighted by Gasteiger charge is -2.41. The van der Waals surface area contributed by atoms with Crippen LogP contribution in [0, 0.1) is 29.1 Å². The van der Waals surface area contributed by atoms with Crippen molar-refractivity contribution >= 4 is 19.4 Å². The van der Waals surface area contributed by atoms with Gasteiger partial charge in [0.05, 0.1) is 0 Å². The highest BCUT2D eigenvalue weighted by atomic mass is 31.1. The fourth-order valence-electron chi connectivity index (χ4n) is 9.80. The lowest BCUT2D eigenvalue weighted by molar-refractivity contribution is -0.287. The molecule has 0 saturated heterocycles. The minimum atomic E-state index is -7.45. The molecule has 1 aromatic rings. The number of halogens is 16. The van der Waals surface area contributed by atoms with Crippen LogP contribution in [-0.2, 0) is 0 Å². The second-order valence-electron chi connectivity index (χ2n) is 20.4. The Kier molecular flexibility index (Phi) is 35.8. The van der Waals surface area contributed by atoms with Crippen LogP contribution in [0.15, 0.2) is 0 Å². The number of hydrogen-bond acceptors (Lipinski definition) is 0. The topological polar surface area (TPSA) is 0 Å². The third-order valence-electron chi connectivity index (χ3n) is 14.3. The summed E-state index contributed by atoms with van der Waals surface area (Å²) in [6, 6.07) is 0. The van der Waals surface area contributed by atoms with Gasteiger partial charge in [0.25, 0.3) is 0 Å². The molecule has 0 saturated carbocycles. The Morgan fingerprint density at radius 1 is 0.310 bits per heavy atom. The molecular weight excluding hydrogens is 982 g/mol. The van der Waals surface area contributed by atoms with Crippen LogP contribution in [-0.4, -0.2) is 35.5 Å². The van der Waals surface area contributed by atoms with Gasteiger partial charge < -0.3 is 0 Å². The van der Waals surface area contributed by atoms with Gasteiger partial charge in [-0.2, -0.15) is 82.4 Å². The minimum absolute atomic E-state index is 0.115. The van der Waals surface area contributed by atoms with E-state index in [0.717, 1.165) is 0 Å². The van der Waals surface area contributed by atoms with E-state index in [-0.39, 0.29) is 19.0 Å². The average Bonchev–Trinajstić information content (AvgIpc) is 3.31. The first-order valence-corrected chi connectivity index (χ1v) is 29.0. The van der Waals surface area contributed by atoms with Crippen LogP contribution >= 0.6 is 7.92 Å². The molecule has 422 valence electrons. The molecule has 0 aliphatic carbocycles. The van der Waals surface area contributed by atoms with E-state index in [1.807, 2.05) is 0 Å². The van der Waals surface area contributed by atoms with Gasteiger partial charge in [-0.05, 0) is 6.42 Å². The molecule has 71 heavy (non-hydrogen) atoms. The van der Waals surface area contributed by atoms with Crippen LogP contribution in [0.2, 0.25) is 25.3 Å². The zero-order chi connectivity index (χ0) is 54.2. The molecule has 0 aliphatic heterocycles. The van der Waals surface area contributed by atoms with Crippen molar-refractivity contribution in [2.75, 3.05) is 0 Å². The van der Waals surface area contributed by atoms with Gasteiger partial charge >= 0.3 is 29.3 Å². The quantitative estimate of drug-likeness (QED) is 0.0153. The summed E-state index contributed by atoms with van der Waals surface area (Å²) >= 11 is 0. The van der Waals surface area contributed by atoms with Gasteiger partial charge in [-0.25, -0.2) is 13.2 Å². The Labute approximate surface area is 418 Å². The van der Waals surface area contributed by atoms with Gasteiger partial charge in [-0.1, -0.05) is 234 Å². The van der Waals surface area contributed by atoms with E-state index in [4.69, 9.17) is 0 Å². The molecule has 0 amide bonds. The number of benzene rings is 1. The number of unbranched alkanes of at least 4 members (excludes halogenated alkanes) is 27. The third-order valence-corrected chi connectivity index (χ3v) is 17.1. The summed E-state index contributed by atoms with van der Waals surface area (Å²) in [7, 11) is -7.45. The molecule has 0 heterocycles. The van der Waals surface area contributed by atoms with E-state index < -0.39 is 84.5 Å². The van der Waals surface area contributed by atoms with Crippen molar-refractivity contribution in [3.05, 3.63) is 29.1 Å². The molecule has 0 nitrogen and oxygen atoms in total. The molecule has 0 fully saturated rings. The fourth-order valence-corrected chi connectivity index (χ4v) is 12.3. The SMILES string of the molecule is CCCCCCC(F)(F)C(F)(F)C(F)(F)[PH+](c1c(F)c(F)c(F)c(F)c1F)C(F)(F)C(F)(F)F.CCCCCCCCC[B-](CCCCCCCCC)(CCCCCCCCC)CCCCCCCCC. The van der Waals surface area contributed by atoms with E-state index in [2.05, 4.69) is 27.7 Å². The highest BCUT2D eigenvalue weighted by Crippen LogP contribution is 2.73. The molecule has 0 aliphatic rings. The molecule has 1 unspecified atom stereocenters. The lowest BCUT2D eigenvalue weighted by atomic mass is 9.17. The molecule has 0 spiro atoms. The third kappa shape index (κ3) is 24.0. The zero-order valence-electron chi connectivity index (χ0n) is 43.8. The van der Waals surface area contributed by atoms with Gasteiger partial charge in [0.1, 0.15) is 0 Å². The Hall–Kier alpha value is -1.41. The average molecular weight is 1070 g/mol. The number of rotatable bonds is 42. The molecule has 0 radical (unpaired) electrons. The van der Waals surface area contributed by atoms with E-state index in [9.17, 15) is 70.2 Å². The van der Waals surface area contributed by atoms with Gasteiger partial charge in [0, 0.05) is 12.6 Å². The summed E-state index contributed by atoms with van der Waals surface area (Å²) in [5.41, 5.74) is -14.6. The van der Waals surface area contributed by atoms with Gasteiger partial charge in [0.15, 0.2) is 5.30 Å². The normalized spacial score (nSPS) is 13.5. The highest BCUT2D eigenvalue weighted by Gasteiger charge is 2.87. The molecule has 18 heteroatoms. The first kappa shape index (κ1) is 69.6. The van der Waals surface area contributed by atoms with Crippen molar-refractivity contribution in [2.45, 2.75) is 301 Å². The molecule has 1 atom stereocenters. The van der Waals surface area contributed by atoms with Crippen LogP contribution in [0.25, 0.3) is 0 Å². The van der Waals surface area contributed by atoms with Gasteiger partial charge in [-0.3, -0.25) is 0 Å². The second kappa shape index (κ2) is 36.6. The van der Waals surface area contributed by atoms with Crippen LogP contribution in [0.5, 0.6) is 0 Å². The van der Waals surface area contributed by atoms with Crippen molar-refractivity contribution in [1.29, 1.82) is 0 Å².